The zero-order valence-corrected chi connectivity index (χ0v) is 14.0. The van der Waals surface area contributed by atoms with E-state index in [1.54, 1.807) is 21.7 Å². The van der Waals surface area contributed by atoms with Crippen molar-refractivity contribution in [3.05, 3.63) is 47.5 Å². The van der Waals surface area contributed by atoms with Crippen molar-refractivity contribution in [1.82, 2.24) is 14.7 Å². The Morgan fingerprint density at radius 1 is 1.32 bits per heavy atom. The summed E-state index contributed by atoms with van der Waals surface area (Å²) < 4.78 is 14.8. The molecule has 3 rings (SSSR count). The van der Waals surface area contributed by atoms with Gasteiger partial charge in [0.05, 0.1) is 29.6 Å². The second kappa shape index (κ2) is 7.04. The lowest BCUT2D eigenvalue weighted by Gasteiger charge is -2.23. The van der Waals surface area contributed by atoms with E-state index < -0.39 is 5.97 Å². The first-order valence-corrected chi connectivity index (χ1v) is 8.37. The molecule has 0 bridgehead atoms. The number of carbonyl (C=O) groups excluding carboxylic acids is 1. The predicted octanol–water partition coefficient (Wildman–Crippen LogP) is 2.65. The molecule has 0 spiro atoms. The molecule has 0 aliphatic carbocycles. The minimum absolute atomic E-state index is 0.0424. The van der Waals surface area contributed by atoms with E-state index >= 15 is 0 Å². The van der Waals surface area contributed by atoms with Crippen LogP contribution in [-0.2, 0) is 11.2 Å². The molecule has 1 aliphatic rings. The molecule has 25 heavy (non-hydrogen) atoms. The van der Waals surface area contributed by atoms with Gasteiger partial charge in [-0.1, -0.05) is 6.92 Å². The van der Waals surface area contributed by atoms with Crippen molar-refractivity contribution in [3.63, 3.8) is 0 Å². The van der Waals surface area contributed by atoms with Crippen molar-refractivity contribution in [2.24, 2.45) is 0 Å². The van der Waals surface area contributed by atoms with Crippen LogP contribution in [0, 0.1) is 5.82 Å². The summed E-state index contributed by atoms with van der Waals surface area (Å²) in [6.45, 7) is 2.48. The minimum Gasteiger partial charge on any atom is -0.481 e. The Balaban J connectivity index is 1.91. The van der Waals surface area contributed by atoms with E-state index in [4.69, 9.17) is 5.11 Å². The third-order valence-corrected chi connectivity index (χ3v) is 4.55. The molecule has 2 heterocycles. The molecule has 1 aromatic carbocycles. The highest BCUT2D eigenvalue weighted by atomic mass is 19.1. The van der Waals surface area contributed by atoms with Crippen molar-refractivity contribution in [2.75, 3.05) is 6.54 Å². The number of carbonyl (C=O) groups is 2. The highest BCUT2D eigenvalue weighted by Crippen LogP contribution is 2.25. The van der Waals surface area contributed by atoms with Crippen LogP contribution in [0.15, 0.2) is 30.5 Å². The van der Waals surface area contributed by atoms with Gasteiger partial charge in [0.1, 0.15) is 5.82 Å². The smallest absolute Gasteiger partial charge is 0.305 e. The lowest BCUT2D eigenvalue weighted by Crippen LogP contribution is -2.37. The van der Waals surface area contributed by atoms with Gasteiger partial charge >= 0.3 is 5.97 Å². The summed E-state index contributed by atoms with van der Waals surface area (Å²) in [4.78, 5) is 25.6. The van der Waals surface area contributed by atoms with Crippen molar-refractivity contribution in [3.8, 4) is 5.69 Å². The molecule has 1 aromatic heterocycles. The third-order valence-electron chi connectivity index (χ3n) is 4.55. The molecule has 6 nitrogen and oxygen atoms in total. The molecular formula is C18H20FN3O3. The average molecular weight is 345 g/mol. The molecule has 1 N–H and O–H groups in total. The number of carboxylic acid groups (broad SMARTS) is 1. The average Bonchev–Trinajstić information content (AvgIpc) is 3.21. The van der Waals surface area contributed by atoms with Gasteiger partial charge in [0.15, 0.2) is 0 Å². The molecule has 132 valence electrons. The summed E-state index contributed by atoms with van der Waals surface area (Å²) in [5.74, 6) is -1.42. The fraction of sp³-hybridized carbons (Fsp3) is 0.389. The van der Waals surface area contributed by atoms with Crippen LogP contribution in [0.25, 0.3) is 5.69 Å². The summed E-state index contributed by atoms with van der Waals surface area (Å²) in [5.41, 5.74) is 1.89. The molecule has 1 saturated heterocycles. The van der Waals surface area contributed by atoms with E-state index in [0.717, 1.165) is 12.1 Å². The van der Waals surface area contributed by atoms with Gasteiger partial charge < -0.3 is 10.0 Å². The van der Waals surface area contributed by atoms with Crippen LogP contribution in [0.2, 0.25) is 0 Å². The van der Waals surface area contributed by atoms with Gasteiger partial charge in [-0.2, -0.15) is 5.10 Å². The molecule has 0 radical (unpaired) electrons. The Kier molecular flexibility index (Phi) is 4.83. The van der Waals surface area contributed by atoms with E-state index in [2.05, 4.69) is 5.10 Å². The minimum atomic E-state index is -0.901. The number of hydrogen-bond acceptors (Lipinski definition) is 3. The second-order valence-corrected chi connectivity index (χ2v) is 6.14. The van der Waals surface area contributed by atoms with E-state index in [0.29, 0.717) is 30.6 Å². The topological polar surface area (TPSA) is 75.4 Å². The number of hydrogen-bond donors (Lipinski definition) is 1. The molecule has 1 fully saturated rings. The van der Waals surface area contributed by atoms with Crippen molar-refractivity contribution in [1.29, 1.82) is 0 Å². The number of aromatic nitrogens is 2. The number of rotatable bonds is 5. The summed E-state index contributed by atoms with van der Waals surface area (Å²) in [6, 6.07) is 5.64. The monoisotopic (exact) mass is 345 g/mol. The summed E-state index contributed by atoms with van der Waals surface area (Å²) in [7, 11) is 0. The van der Waals surface area contributed by atoms with Crippen LogP contribution < -0.4 is 0 Å². The Morgan fingerprint density at radius 3 is 2.68 bits per heavy atom. The maximum Gasteiger partial charge on any atom is 0.305 e. The van der Waals surface area contributed by atoms with Gasteiger partial charge in [-0.25, -0.2) is 9.07 Å². The number of benzene rings is 1. The maximum atomic E-state index is 13.1. The van der Waals surface area contributed by atoms with E-state index in [9.17, 15) is 14.0 Å². The van der Waals surface area contributed by atoms with E-state index in [1.165, 1.54) is 18.3 Å². The van der Waals surface area contributed by atoms with Gasteiger partial charge in [0, 0.05) is 12.6 Å². The fourth-order valence-corrected chi connectivity index (χ4v) is 3.37. The molecule has 1 atom stereocenters. The third kappa shape index (κ3) is 3.40. The largest absolute Gasteiger partial charge is 0.481 e. The van der Waals surface area contributed by atoms with Crippen LogP contribution in [0.4, 0.5) is 4.39 Å². The fourth-order valence-electron chi connectivity index (χ4n) is 3.37. The molecule has 1 amide bonds. The summed E-state index contributed by atoms with van der Waals surface area (Å²) >= 11 is 0. The second-order valence-electron chi connectivity index (χ2n) is 6.14. The van der Waals surface area contributed by atoms with Crippen LogP contribution in [0.5, 0.6) is 0 Å². The number of nitrogens with zero attached hydrogens (tertiary/aromatic N) is 3. The SMILES string of the molecule is CCc1c(C(=O)N2CCCC2CC(=O)O)cnn1-c1ccc(F)cc1. The van der Waals surface area contributed by atoms with Crippen molar-refractivity contribution in [2.45, 2.75) is 38.6 Å². The predicted molar refractivity (Wildman–Crippen MR) is 89.2 cm³/mol. The van der Waals surface area contributed by atoms with Crippen molar-refractivity contribution < 1.29 is 19.1 Å². The number of likely N-dealkylation sites (tertiary alicyclic amines) is 1. The Hall–Kier alpha value is -2.70. The van der Waals surface area contributed by atoms with Gasteiger partial charge in [0.2, 0.25) is 0 Å². The lowest BCUT2D eigenvalue weighted by atomic mass is 10.1. The molecule has 1 unspecified atom stereocenters. The van der Waals surface area contributed by atoms with Crippen LogP contribution in [0.3, 0.4) is 0 Å². The van der Waals surface area contributed by atoms with Crippen LogP contribution >= 0.6 is 0 Å². The van der Waals surface area contributed by atoms with E-state index in [1.807, 2.05) is 6.92 Å². The lowest BCUT2D eigenvalue weighted by molar-refractivity contribution is -0.137. The molecule has 2 aromatic rings. The number of aliphatic carboxylic acids is 1. The van der Waals surface area contributed by atoms with Gasteiger partial charge in [-0.3, -0.25) is 9.59 Å². The maximum absolute atomic E-state index is 13.1. The highest BCUT2D eigenvalue weighted by molar-refractivity contribution is 5.96. The standard InChI is InChI=1S/C18H20FN3O3/c1-2-16-15(11-20-22(16)13-7-5-12(19)6-8-13)18(25)21-9-3-4-14(21)10-17(23)24/h5-8,11,14H,2-4,9-10H2,1H3,(H,23,24). The zero-order chi connectivity index (χ0) is 18.0. The van der Waals surface area contributed by atoms with Crippen molar-refractivity contribution >= 4 is 11.9 Å². The number of halogens is 1. The number of amides is 1. The van der Waals surface area contributed by atoms with Crippen LogP contribution in [0.1, 0.15) is 42.2 Å². The molecule has 0 saturated carbocycles. The Morgan fingerprint density at radius 2 is 2.04 bits per heavy atom. The zero-order valence-electron chi connectivity index (χ0n) is 14.0. The number of carboxylic acids is 1. The van der Waals surface area contributed by atoms with Crippen LogP contribution in [-0.4, -0.2) is 44.3 Å². The van der Waals surface area contributed by atoms with Gasteiger partial charge in [0.25, 0.3) is 5.91 Å². The molecule has 7 heteroatoms. The molecule has 1 aliphatic heterocycles. The molecular weight excluding hydrogens is 325 g/mol. The highest BCUT2D eigenvalue weighted by Gasteiger charge is 2.32. The van der Waals surface area contributed by atoms with E-state index in [-0.39, 0.29) is 24.2 Å². The Labute approximate surface area is 144 Å². The summed E-state index contributed by atoms with van der Waals surface area (Å²) in [6.07, 6.45) is 3.55. The quantitative estimate of drug-likeness (QED) is 0.904. The first kappa shape index (κ1) is 17.1. The first-order chi connectivity index (χ1) is 12.0. The first-order valence-electron chi connectivity index (χ1n) is 8.37. The summed E-state index contributed by atoms with van der Waals surface area (Å²) in [5, 5.41) is 13.3. The van der Waals surface area contributed by atoms with Gasteiger partial charge in [-0.05, 0) is 43.5 Å². The Bertz CT molecular complexity index is 785. The normalized spacial score (nSPS) is 17.0. The van der Waals surface area contributed by atoms with Gasteiger partial charge in [-0.15, -0.1) is 0 Å².